The van der Waals surface area contributed by atoms with Gasteiger partial charge in [0, 0.05) is 18.4 Å². The molecule has 0 unspecified atom stereocenters. The Hall–Kier alpha value is -2.04. The van der Waals surface area contributed by atoms with Crippen LogP contribution in [0.2, 0.25) is 0 Å². The van der Waals surface area contributed by atoms with Gasteiger partial charge in [0.2, 0.25) is 0 Å². The van der Waals surface area contributed by atoms with E-state index in [1.807, 2.05) is 0 Å². The monoisotopic (exact) mass is 573 g/mol. The summed E-state index contributed by atoms with van der Waals surface area (Å²) >= 11 is 0. The SMILES string of the molecule is CCCCCCOC(=O)CCCC(C)(C)c1[c]cc(C(C)(C)CCCC(=O)OCCCCCC)c(OCCCC)c1. The summed E-state index contributed by atoms with van der Waals surface area (Å²) in [6.07, 6.45) is 15.1. The molecule has 0 spiro atoms. The van der Waals surface area contributed by atoms with Crippen molar-refractivity contribution >= 4 is 11.9 Å². The second-order valence-electron chi connectivity index (χ2n) is 12.9. The Labute approximate surface area is 252 Å². The van der Waals surface area contributed by atoms with Crippen LogP contribution in [0.1, 0.15) is 162 Å². The second kappa shape index (κ2) is 20.8. The van der Waals surface area contributed by atoms with Gasteiger partial charge in [0.25, 0.3) is 0 Å². The highest BCUT2D eigenvalue weighted by molar-refractivity contribution is 5.69. The zero-order valence-corrected chi connectivity index (χ0v) is 27.6. The van der Waals surface area contributed by atoms with E-state index >= 15 is 0 Å². The first kappa shape index (κ1) is 37.0. The molecule has 0 saturated heterocycles. The number of ether oxygens (including phenoxy) is 3. The molecule has 0 amide bonds. The van der Waals surface area contributed by atoms with Gasteiger partial charge in [-0.2, -0.15) is 0 Å². The molecule has 0 heterocycles. The molecule has 0 atom stereocenters. The minimum Gasteiger partial charge on any atom is -0.493 e. The van der Waals surface area contributed by atoms with Crippen molar-refractivity contribution in [3.8, 4) is 5.75 Å². The number of rotatable bonds is 24. The molecule has 0 saturated carbocycles. The van der Waals surface area contributed by atoms with E-state index in [-0.39, 0.29) is 22.8 Å². The van der Waals surface area contributed by atoms with Crippen LogP contribution in [0.25, 0.3) is 0 Å². The van der Waals surface area contributed by atoms with Crippen LogP contribution in [-0.4, -0.2) is 31.8 Å². The molecule has 1 aromatic carbocycles. The van der Waals surface area contributed by atoms with Gasteiger partial charge in [0.15, 0.2) is 0 Å². The molecule has 0 aliphatic heterocycles. The number of carbonyl (C=O) groups excluding carboxylic acids is 2. The van der Waals surface area contributed by atoms with Crippen molar-refractivity contribution in [1.29, 1.82) is 0 Å². The molecule has 1 rings (SSSR count). The van der Waals surface area contributed by atoms with E-state index in [0.717, 1.165) is 81.1 Å². The van der Waals surface area contributed by atoms with Crippen molar-refractivity contribution in [3.63, 3.8) is 0 Å². The summed E-state index contributed by atoms with van der Waals surface area (Å²) in [6, 6.07) is 7.81. The Morgan fingerprint density at radius 3 is 1.68 bits per heavy atom. The molecular weight excluding hydrogens is 512 g/mol. The molecule has 5 heteroatoms. The van der Waals surface area contributed by atoms with E-state index in [1.54, 1.807) is 0 Å². The summed E-state index contributed by atoms with van der Waals surface area (Å²) in [4.78, 5) is 24.4. The molecule has 5 nitrogen and oxygen atoms in total. The molecule has 0 aliphatic rings. The highest BCUT2D eigenvalue weighted by Crippen LogP contribution is 2.39. The number of carbonyl (C=O) groups is 2. The Balaban J connectivity index is 2.76. The third-order valence-corrected chi connectivity index (χ3v) is 8.01. The van der Waals surface area contributed by atoms with Crippen LogP contribution in [0.4, 0.5) is 0 Å². The van der Waals surface area contributed by atoms with Crippen molar-refractivity contribution in [3.05, 3.63) is 29.3 Å². The average molecular weight is 574 g/mol. The van der Waals surface area contributed by atoms with Gasteiger partial charge in [0.05, 0.1) is 19.8 Å². The lowest BCUT2D eigenvalue weighted by Crippen LogP contribution is -2.22. The average Bonchev–Trinajstić information content (AvgIpc) is 2.92. The molecule has 41 heavy (non-hydrogen) atoms. The van der Waals surface area contributed by atoms with Gasteiger partial charge in [-0.15, -0.1) is 0 Å². The van der Waals surface area contributed by atoms with Gasteiger partial charge in [0.1, 0.15) is 5.75 Å². The maximum Gasteiger partial charge on any atom is 0.305 e. The van der Waals surface area contributed by atoms with Gasteiger partial charge in [-0.1, -0.05) is 93.4 Å². The second-order valence-corrected chi connectivity index (χ2v) is 12.9. The standard InChI is InChI=1S/C36H61O5/c1-8-11-14-16-27-40-33(37)20-18-24-35(4,5)30-22-23-31(32(29-30)39-26-13-10-3)36(6,7)25-19-21-34(38)41-28-17-15-12-9-2/h23,29H,8-21,24-28H2,1-7H3. The van der Waals surface area contributed by atoms with Crippen molar-refractivity contribution in [2.75, 3.05) is 19.8 Å². The van der Waals surface area contributed by atoms with E-state index in [1.165, 1.54) is 25.7 Å². The Morgan fingerprint density at radius 1 is 0.659 bits per heavy atom. The van der Waals surface area contributed by atoms with Crippen molar-refractivity contribution in [1.82, 2.24) is 0 Å². The highest BCUT2D eigenvalue weighted by Gasteiger charge is 2.28. The molecule has 1 aromatic rings. The van der Waals surface area contributed by atoms with Crippen LogP contribution in [-0.2, 0) is 29.9 Å². The quantitative estimate of drug-likeness (QED) is 0.0910. The van der Waals surface area contributed by atoms with Crippen molar-refractivity contribution < 1.29 is 23.8 Å². The first-order valence-corrected chi connectivity index (χ1v) is 16.6. The van der Waals surface area contributed by atoms with Gasteiger partial charge < -0.3 is 14.2 Å². The molecular formula is C36H61O5. The number of hydrogen-bond donors (Lipinski definition) is 0. The van der Waals surface area contributed by atoms with Crippen LogP contribution in [0, 0.1) is 6.07 Å². The molecule has 0 aromatic heterocycles. The molecule has 0 aliphatic carbocycles. The van der Waals surface area contributed by atoms with Gasteiger partial charge in [-0.3, -0.25) is 9.59 Å². The van der Waals surface area contributed by atoms with Crippen LogP contribution < -0.4 is 4.74 Å². The fourth-order valence-electron chi connectivity index (χ4n) is 5.03. The summed E-state index contributed by atoms with van der Waals surface area (Å²) in [5, 5.41) is 0. The van der Waals surface area contributed by atoms with Gasteiger partial charge in [-0.05, 0) is 79.5 Å². The zero-order chi connectivity index (χ0) is 30.6. The third kappa shape index (κ3) is 15.7. The molecule has 0 fully saturated rings. The minimum absolute atomic E-state index is 0.0951. The number of esters is 2. The normalized spacial score (nSPS) is 11.9. The van der Waals surface area contributed by atoms with E-state index in [2.05, 4.69) is 66.7 Å². The van der Waals surface area contributed by atoms with Crippen LogP contribution >= 0.6 is 0 Å². The predicted octanol–water partition coefficient (Wildman–Crippen LogP) is 9.81. The van der Waals surface area contributed by atoms with E-state index in [0.29, 0.717) is 32.7 Å². The third-order valence-electron chi connectivity index (χ3n) is 8.01. The molecule has 1 radical (unpaired) electrons. The number of benzene rings is 1. The first-order chi connectivity index (χ1) is 19.6. The first-order valence-electron chi connectivity index (χ1n) is 16.6. The lowest BCUT2D eigenvalue weighted by atomic mass is 9.76. The number of unbranched alkanes of at least 4 members (excludes halogenated alkanes) is 7. The molecule has 0 bridgehead atoms. The summed E-state index contributed by atoms with van der Waals surface area (Å²) in [5.74, 6) is 0.721. The summed E-state index contributed by atoms with van der Waals surface area (Å²) < 4.78 is 17.2. The van der Waals surface area contributed by atoms with E-state index < -0.39 is 0 Å². The summed E-state index contributed by atoms with van der Waals surface area (Å²) in [6.45, 7) is 17.1. The van der Waals surface area contributed by atoms with Crippen molar-refractivity contribution in [2.45, 2.75) is 162 Å². The molecule has 0 N–H and O–H groups in total. The topological polar surface area (TPSA) is 61.8 Å². The fourth-order valence-corrected chi connectivity index (χ4v) is 5.03. The van der Waals surface area contributed by atoms with Crippen LogP contribution in [0.5, 0.6) is 5.75 Å². The number of hydrogen-bond acceptors (Lipinski definition) is 5. The molecule has 235 valence electrons. The van der Waals surface area contributed by atoms with E-state index in [4.69, 9.17) is 14.2 Å². The fraction of sp³-hybridized carbons (Fsp3) is 0.778. The summed E-state index contributed by atoms with van der Waals surface area (Å²) in [5.41, 5.74) is 1.92. The van der Waals surface area contributed by atoms with Crippen molar-refractivity contribution in [2.24, 2.45) is 0 Å². The van der Waals surface area contributed by atoms with E-state index in [9.17, 15) is 9.59 Å². The lowest BCUT2D eigenvalue weighted by Gasteiger charge is -2.31. The Morgan fingerprint density at radius 2 is 1.17 bits per heavy atom. The summed E-state index contributed by atoms with van der Waals surface area (Å²) in [7, 11) is 0. The Bertz CT molecular complexity index is 858. The van der Waals surface area contributed by atoms with Gasteiger partial charge >= 0.3 is 11.9 Å². The zero-order valence-electron chi connectivity index (χ0n) is 27.6. The Kier molecular flexibility index (Phi) is 18.7. The van der Waals surface area contributed by atoms with Gasteiger partial charge in [-0.25, -0.2) is 0 Å². The maximum atomic E-state index is 12.2. The highest BCUT2D eigenvalue weighted by atomic mass is 16.5. The van der Waals surface area contributed by atoms with Crippen LogP contribution in [0.3, 0.4) is 0 Å². The predicted molar refractivity (Wildman–Crippen MR) is 170 cm³/mol. The van der Waals surface area contributed by atoms with Crippen LogP contribution in [0.15, 0.2) is 12.1 Å². The largest absolute Gasteiger partial charge is 0.493 e. The maximum absolute atomic E-state index is 12.2. The lowest BCUT2D eigenvalue weighted by molar-refractivity contribution is -0.144. The minimum atomic E-state index is -0.164. The smallest absolute Gasteiger partial charge is 0.305 e.